The van der Waals surface area contributed by atoms with Gasteiger partial charge in [0.25, 0.3) is 0 Å². The van der Waals surface area contributed by atoms with Gasteiger partial charge in [-0.3, -0.25) is 4.79 Å². The van der Waals surface area contributed by atoms with Crippen LogP contribution >= 0.6 is 0 Å². The van der Waals surface area contributed by atoms with Gasteiger partial charge in [0.15, 0.2) is 0 Å². The molecule has 1 unspecified atom stereocenters. The molecule has 0 heterocycles. The van der Waals surface area contributed by atoms with Gasteiger partial charge in [0.05, 0.1) is 6.04 Å². The van der Waals surface area contributed by atoms with Crippen LogP contribution in [0.3, 0.4) is 0 Å². The van der Waals surface area contributed by atoms with Crippen molar-refractivity contribution in [2.45, 2.75) is 25.8 Å². The minimum Gasteiger partial charge on any atom is -0.396 e. The Hall–Kier alpha value is -1.35. The summed E-state index contributed by atoms with van der Waals surface area (Å²) in [5.74, 6) is -0.0400. The number of carbonyl (C=O) groups excluding carboxylic acids is 1. The molecule has 3 nitrogen and oxygen atoms in total. The predicted octanol–water partition coefficient (Wildman–Crippen LogP) is 1.64. The molecule has 1 rings (SSSR count). The van der Waals surface area contributed by atoms with Crippen molar-refractivity contribution in [3.05, 3.63) is 35.9 Å². The summed E-state index contributed by atoms with van der Waals surface area (Å²) in [4.78, 5) is 11.0. The van der Waals surface area contributed by atoms with Crippen LogP contribution in [0.1, 0.15) is 31.4 Å². The maximum atomic E-state index is 11.0. The molecule has 0 spiro atoms. The fraction of sp³-hybridized carbons (Fsp3) is 0.417. The Morgan fingerprint density at radius 2 is 2.07 bits per heavy atom. The number of amides is 1. The van der Waals surface area contributed by atoms with Gasteiger partial charge in [-0.25, -0.2) is 0 Å². The van der Waals surface area contributed by atoms with Crippen molar-refractivity contribution in [1.82, 2.24) is 5.32 Å². The Morgan fingerprint density at radius 3 is 2.60 bits per heavy atom. The number of hydrogen-bond acceptors (Lipinski definition) is 2. The van der Waals surface area contributed by atoms with Crippen LogP contribution < -0.4 is 5.32 Å². The second-order valence-electron chi connectivity index (χ2n) is 3.53. The fourth-order valence-corrected chi connectivity index (χ4v) is 1.55. The van der Waals surface area contributed by atoms with Crippen molar-refractivity contribution in [2.24, 2.45) is 0 Å². The Labute approximate surface area is 90.1 Å². The first-order valence-electron chi connectivity index (χ1n) is 5.17. The molecular weight excluding hydrogens is 190 g/mol. The van der Waals surface area contributed by atoms with Crippen LogP contribution in [-0.4, -0.2) is 17.6 Å². The fourth-order valence-electron chi connectivity index (χ4n) is 1.55. The first kappa shape index (κ1) is 11.7. The van der Waals surface area contributed by atoms with Crippen LogP contribution in [0.15, 0.2) is 30.3 Å². The summed E-state index contributed by atoms with van der Waals surface area (Å²) in [5, 5.41) is 11.7. The van der Waals surface area contributed by atoms with Crippen molar-refractivity contribution < 1.29 is 9.90 Å². The molecule has 0 saturated carbocycles. The zero-order chi connectivity index (χ0) is 11.1. The second-order valence-corrected chi connectivity index (χ2v) is 3.53. The molecule has 3 heteroatoms. The second kappa shape index (κ2) is 6.19. The van der Waals surface area contributed by atoms with E-state index in [0.717, 1.165) is 12.0 Å². The molecule has 82 valence electrons. The SMILES string of the molecule is CC(=O)NC(CCCO)c1ccccc1. The average molecular weight is 207 g/mol. The van der Waals surface area contributed by atoms with Crippen LogP contribution in [0.2, 0.25) is 0 Å². The summed E-state index contributed by atoms with van der Waals surface area (Å²) in [5.41, 5.74) is 1.08. The average Bonchev–Trinajstić information content (AvgIpc) is 2.25. The molecule has 1 aromatic rings. The van der Waals surface area contributed by atoms with Crippen molar-refractivity contribution >= 4 is 5.91 Å². The molecule has 0 radical (unpaired) electrons. The van der Waals surface area contributed by atoms with Gasteiger partial charge in [0.1, 0.15) is 0 Å². The molecule has 1 amide bonds. The number of aliphatic hydroxyl groups is 1. The van der Waals surface area contributed by atoms with Crippen LogP contribution in [0.5, 0.6) is 0 Å². The normalized spacial score (nSPS) is 12.1. The molecule has 15 heavy (non-hydrogen) atoms. The van der Waals surface area contributed by atoms with E-state index in [1.165, 1.54) is 6.92 Å². The van der Waals surface area contributed by atoms with E-state index in [1.807, 2.05) is 30.3 Å². The Morgan fingerprint density at radius 1 is 1.40 bits per heavy atom. The highest BCUT2D eigenvalue weighted by atomic mass is 16.2. The maximum absolute atomic E-state index is 11.0. The van der Waals surface area contributed by atoms with Gasteiger partial charge in [-0.15, -0.1) is 0 Å². The van der Waals surface area contributed by atoms with Gasteiger partial charge in [-0.1, -0.05) is 30.3 Å². The standard InChI is InChI=1S/C12H17NO2/c1-10(15)13-12(8-5-9-14)11-6-3-2-4-7-11/h2-4,6-7,12,14H,5,8-9H2,1H3,(H,13,15). The third-order valence-electron chi connectivity index (χ3n) is 2.23. The van der Waals surface area contributed by atoms with Gasteiger partial charge in [0.2, 0.25) is 5.91 Å². The van der Waals surface area contributed by atoms with Gasteiger partial charge in [-0.2, -0.15) is 0 Å². The van der Waals surface area contributed by atoms with Gasteiger partial charge < -0.3 is 10.4 Å². The van der Waals surface area contributed by atoms with Gasteiger partial charge in [0, 0.05) is 13.5 Å². The molecule has 0 aliphatic carbocycles. The van der Waals surface area contributed by atoms with Crippen molar-refractivity contribution in [1.29, 1.82) is 0 Å². The Bertz CT molecular complexity index is 298. The molecule has 2 N–H and O–H groups in total. The lowest BCUT2D eigenvalue weighted by atomic mass is 10.0. The Balaban J connectivity index is 2.67. The molecule has 0 aliphatic rings. The molecule has 1 aromatic carbocycles. The molecule has 1 atom stereocenters. The number of benzene rings is 1. The minimum absolute atomic E-state index is 0.0100. The summed E-state index contributed by atoms with van der Waals surface area (Å²) in [6.07, 6.45) is 1.46. The molecular formula is C12H17NO2. The highest BCUT2D eigenvalue weighted by Gasteiger charge is 2.11. The van der Waals surface area contributed by atoms with E-state index in [-0.39, 0.29) is 18.6 Å². The van der Waals surface area contributed by atoms with Crippen molar-refractivity contribution in [3.8, 4) is 0 Å². The largest absolute Gasteiger partial charge is 0.396 e. The smallest absolute Gasteiger partial charge is 0.217 e. The molecule has 0 aromatic heterocycles. The van der Waals surface area contributed by atoms with E-state index in [9.17, 15) is 4.79 Å². The minimum atomic E-state index is -0.0400. The number of rotatable bonds is 5. The zero-order valence-electron chi connectivity index (χ0n) is 8.94. The predicted molar refractivity (Wildman–Crippen MR) is 59.3 cm³/mol. The number of carbonyl (C=O) groups is 1. The van der Waals surface area contributed by atoms with Crippen molar-refractivity contribution in [3.63, 3.8) is 0 Å². The van der Waals surface area contributed by atoms with E-state index in [2.05, 4.69) is 5.32 Å². The number of nitrogens with one attached hydrogen (secondary N) is 1. The molecule has 0 aliphatic heterocycles. The van der Waals surface area contributed by atoms with Crippen LogP contribution in [0, 0.1) is 0 Å². The summed E-state index contributed by atoms with van der Waals surface area (Å²) in [6, 6.07) is 9.82. The zero-order valence-corrected chi connectivity index (χ0v) is 8.94. The summed E-state index contributed by atoms with van der Waals surface area (Å²) >= 11 is 0. The number of aliphatic hydroxyl groups excluding tert-OH is 1. The highest BCUT2D eigenvalue weighted by Crippen LogP contribution is 2.17. The van der Waals surface area contributed by atoms with Crippen LogP contribution in [-0.2, 0) is 4.79 Å². The first-order valence-corrected chi connectivity index (χ1v) is 5.17. The van der Waals surface area contributed by atoms with E-state index in [1.54, 1.807) is 0 Å². The highest BCUT2D eigenvalue weighted by molar-refractivity contribution is 5.73. The summed E-state index contributed by atoms with van der Waals surface area (Å²) in [6.45, 7) is 1.66. The molecule has 0 bridgehead atoms. The van der Waals surface area contributed by atoms with E-state index >= 15 is 0 Å². The lowest BCUT2D eigenvalue weighted by molar-refractivity contribution is -0.119. The Kier molecular flexibility index (Phi) is 4.84. The lowest BCUT2D eigenvalue weighted by Crippen LogP contribution is -2.26. The lowest BCUT2D eigenvalue weighted by Gasteiger charge is -2.17. The monoisotopic (exact) mass is 207 g/mol. The maximum Gasteiger partial charge on any atom is 0.217 e. The third kappa shape index (κ3) is 4.13. The van der Waals surface area contributed by atoms with Crippen LogP contribution in [0.4, 0.5) is 0 Å². The number of hydrogen-bond donors (Lipinski definition) is 2. The molecule has 0 fully saturated rings. The van der Waals surface area contributed by atoms with Gasteiger partial charge in [-0.05, 0) is 18.4 Å². The van der Waals surface area contributed by atoms with E-state index < -0.39 is 0 Å². The van der Waals surface area contributed by atoms with Gasteiger partial charge >= 0.3 is 0 Å². The summed E-state index contributed by atoms with van der Waals surface area (Å²) in [7, 11) is 0. The summed E-state index contributed by atoms with van der Waals surface area (Å²) < 4.78 is 0. The first-order chi connectivity index (χ1) is 7.24. The van der Waals surface area contributed by atoms with E-state index in [0.29, 0.717) is 6.42 Å². The van der Waals surface area contributed by atoms with Crippen molar-refractivity contribution in [2.75, 3.05) is 6.61 Å². The van der Waals surface area contributed by atoms with Crippen LogP contribution in [0.25, 0.3) is 0 Å². The van der Waals surface area contributed by atoms with E-state index in [4.69, 9.17) is 5.11 Å². The topological polar surface area (TPSA) is 49.3 Å². The quantitative estimate of drug-likeness (QED) is 0.771. The third-order valence-corrected chi connectivity index (χ3v) is 2.23. The molecule has 0 saturated heterocycles.